The highest BCUT2D eigenvalue weighted by Gasteiger charge is 2.18. The first kappa shape index (κ1) is 14.1. The van der Waals surface area contributed by atoms with Gasteiger partial charge in [0.25, 0.3) is 0 Å². The molecule has 1 amide bonds. The van der Waals surface area contributed by atoms with E-state index < -0.39 is 19.5 Å². The van der Waals surface area contributed by atoms with Gasteiger partial charge in [0.2, 0.25) is 0 Å². The Morgan fingerprint density at radius 1 is 1.59 bits per heavy atom. The van der Waals surface area contributed by atoms with Crippen LogP contribution in [0.5, 0.6) is 0 Å². The molecule has 0 aliphatic rings. The van der Waals surface area contributed by atoms with Gasteiger partial charge in [0.05, 0.1) is 0 Å². The molecule has 1 aromatic rings. The molecule has 1 rings (SSSR count). The van der Waals surface area contributed by atoms with Gasteiger partial charge in [0, 0.05) is 5.38 Å². The molecular formula is C10H16N2O3PS+. The Bertz CT molecular complexity index is 425. The van der Waals surface area contributed by atoms with Gasteiger partial charge < -0.3 is 4.74 Å². The molecule has 0 fully saturated rings. The molecule has 5 nitrogen and oxygen atoms in total. The van der Waals surface area contributed by atoms with Crippen molar-refractivity contribution >= 4 is 30.4 Å². The molecule has 0 aromatic carbocycles. The summed E-state index contributed by atoms with van der Waals surface area (Å²) in [7, 11) is -1.26. The van der Waals surface area contributed by atoms with Crippen LogP contribution < -0.4 is 5.32 Å². The van der Waals surface area contributed by atoms with Crippen molar-refractivity contribution in [2.45, 2.75) is 32.5 Å². The van der Waals surface area contributed by atoms with Gasteiger partial charge in [-0.25, -0.2) is 9.78 Å². The molecule has 0 aliphatic heterocycles. The van der Waals surface area contributed by atoms with Crippen LogP contribution in [0.4, 0.5) is 9.93 Å². The minimum Gasteiger partial charge on any atom is -0.444 e. The maximum atomic E-state index is 11.4. The average Bonchev–Trinajstić information content (AvgIpc) is 2.46. The fourth-order valence-electron chi connectivity index (χ4n) is 1.06. The van der Waals surface area contributed by atoms with Gasteiger partial charge in [-0.05, 0) is 20.8 Å². The lowest BCUT2D eigenvalue weighted by molar-refractivity contribution is 0.0636. The number of ether oxygens (including phenoxy) is 1. The van der Waals surface area contributed by atoms with Crippen molar-refractivity contribution in [3.63, 3.8) is 0 Å². The van der Waals surface area contributed by atoms with E-state index in [-0.39, 0.29) is 0 Å². The first-order valence-corrected chi connectivity index (χ1v) is 7.86. The van der Waals surface area contributed by atoms with E-state index in [1.54, 1.807) is 32.8 Å². The zero-order chi connectivity index (χ0) is 13.1. The minimum atomic E-state index is -1.26. The van der Waals surface area contributed by atoms with E-state index in [1.807, 2.05) is 0 Å². The second-order valence-corrected chi connectivity index (χ2v) is 6.99. The number of aromatic nitrogens is 1. The number of anilines is 1. The third kappa shape index (κ3) is 5.75. The quantitative estimate of drug-likeness (QED) is 0.858. The van der Waals surface area contributed by atoms with Gasteiger partial charge in [-0.3, -0.25) is 5.32 Å². The van der Waals surface area contributed by atoms with Crippen LogP contribution in [-0.4, -0.2) is 23.3 Å². The van der Waals surface area contributed by atoms with Crippen LogP contribution in [0, 0.1) is 0 Å². The highest BCUT2D eigenvalue weighted by Crippen LogP contribution is 2.25. The summed E-state index contributed by atoms with van der Waals surface area (Å²) in [5.41, 5.74) is 0.196. The van der Waals surface area contributed by atoms with Crippen molar-refractivity contribution in [1.82, 2.24) is 4.98 Å². The molecule has 1 aromatic heterocycles. The largest absolute Gasteiger partial charge is 0.444 e. The summed E-state index contributed by atoms with van der Waals surface area (Å²) in [5, 5.41) is 4.79. The number of hydrogen-bond donors (Lipinski definition) is 1. The van der Waals surface area contributed by atoms with Crippen LogP contribution in [0.3, 0.4) is 0 Å². The van der Waals surface area contributed by atoms with Gasteiger partial charge in [0.1, 0.15) is 18.0 Å². The summed E-state index contributed by atoms with van der Waals surface area (Å²) in [6.07, 6.45) is -0.0961. The maximum Gasteiger partial charge on any atom is 0.413 e. The number of hydrogen-bond acceptors (Lipinski definition) is 5. The summed E-state index contributed by atoms with van der Waals surface area (Å²) >= 11 is 1.29. The summed E-state index contributed by atoms with van der Waals surface area (Å²) in [5.74, 6) is 0. The van der Waals surface area contributed by atoms with E-state index in [0.717, 1.165) is 5.69 Å². The predicted octanol–water partition coefficient (Wildman–Crippen LogP) is 3.45. The summed E-state index contributed by atoms with van der Waals surface area (Å²) in [6.45, 7) is 7.03. The van der Waals surface area contributed by atoms with E-state index in [0.29, 0.717) is 11.3 Å². The summed E-state index contributed by atoms with van der Waals surface area (Å²) in [6, 6.07) is 0. The standard InChI is InChI=1S/C10H15N2O3PS/c1-10(2,3)15-9(13)12-8-11-7(6-17-8)5-16(4)14/h6H,5H2,1-4H3/p+1. The van der Waals surface area contributed by atoms with Gasteiger partial charge in [0.15, 0.2) is 11.3 Å². The third-order valence-corrected chi connectivity index (χ3v) is 3.12. The Balaban J connectivity index is 2.55. The zero-order valence-electron chi connectivity index (χ0n) is 10.3. The zero-order valence-corrected chi connectivity index (χ0v) is 12.0. The normalized spacial score (nSPS) is 12.1. The number of thiazole rings is 1. The van der Waals surface area contributed by atoms with Gasteiger partial charge in [-0.1, -0.05) is 4.57 Å². The molecule has 17 heavy (non-hydrogen) atoms. The molecule has 1 N–H and O–H groups in total. The van der Waals surface area contributed by atoms with Crippen molar-refractivity contribution in [1.29, 1.82) is 0 Å². The molecule has 0 saturated carbocycles. The molecule has 1 atom stereocenters. The Morgan fingerprint density at radius 2 is 2.24 bits per heavy atom. The molecule has 1 unspecified atom stereocenters. The van der Waals surface area contributed by atoms with Crippen LogP contribution in [-0.2, 0) is 15.5 Å². The predicted molar refractivity (Wildman–Crippen MR) is 69.2 cm³/mol. The van der Waals surface area contributed by atoms with Crippen molar-refractivity contribution in [3.8, 4) is 0 Å². The minimum absolute atomic E-state index is 0.432. The number of carbonyl (C=O) groups excluding carboxylic acids is 1. The van der Waals surface area contributed by atoms with Crippen LogP contribution in [0.15, 0.2) is 5.38 Å². The summed E-state index contributed by atoms with van der Waals surface area (Å²) < 4.78 is 16.1. The number of amides is 1. The van der Waals surface area contributed by atoms with Gasteiger partial charge in [-0.15, -0.1) is 11.3 Å². The van der Waals surface area contributed by atoms with E-state index in [9.17, 15) is 9.36 Å². The van der Waals surface area contributed by atoms with E-state index in [4.69, 9.17) is 4.74 Å². The molecular weight excluding hydrogens is 259 g/mol. The fraction of sp³-hybridized carbons (Fsp3) is 0.600. The van der Waals surface area contributed by atoms with Crippen LogP contribution >= 0.6 is 19.1 Å². The molecule has 0 radical (unpaired) electrons. The molecule has 7 heteroatoms. The molecule has 0 saturated heterocycles. The molecule has 0 spiro atoms. The molecule has 94 valence electrons. The lowest BCUT2D eigenvalue weighted by Gasteiger charge is -2.18. The highest BCUT2D eigenvalue weighted by molar-refractivity contribution is 7.42. The highest BCUT2D eigenvalue weighted by atomic mass is 32.1. The SMILES string of the molecule is C[P+](=O)Cc1csc(NC(=O)OC(C)(C)C)n1. The van der Waals surface area contributed by atoms with Crippen LogP contribution in [0.1, 0.15) is 26.5 Å². The molecule has 0 bridgehead atoms. The molecule has 0 aliphatic carbocycles. The van der Waals surface area contributed by atoms with Crippen LogP contribution in [0.2, 0.25) is 0 Å². The second-order valence-electron chi connectivity index (χ2n) is 4.56. The first-order valence-electron chi connectivity index (χ1n) is 5.09. The Hall–Kier alpha value is -1.00. The Kier molecular flexibility index (Phi) is 4.60. The lowest BCUT2D eigenvalue weighted by Crippen LogP contribution is -2.27. The maximum absolute atomic E-state index is 11.4. The monoisotopic (exact) mass is 275 g/mol. The number of nitrogens with zero attached hydrogens (tertiary/aromatic N) is 1. The topological polar surface area (TPSA) is 68.3 Å². The van der Waals surface area contributed by atoms with E-state index in [2.05, 4.69) is 10.3 Å². The molecule has 1 heterocycles. The van der Waals surface area contributed by atoms with Crippen molar-refractivity contribution in [3.05, 3.63) is 11.1 Å². The smallest absolute Gasteiger partial charge is 0.413 e. The second kappa shape index (κ2) is 5.56. The number of rotatable bonds is 3. The van der Waals surface area contributed by atoms with Crippen molar-refractivity contribution < 1.29 is 14.1 Å². The number of nitrogens with one attached hydrogen (secondary N) is 1. The van der Waals surface area contributed by atoms with E-state index in [1.165, 1.54) is 11.3 Å². The van der Waals surface area contributed by atoms with Crippen molar-refractivity contribution in [2.75, 3.05) is 12.0 Å². The lowest BCUT2D eigenvalue weighted by atomic mass is 10.2. The third-order valence-electron chi connectivity index (χ3n) is 1.54. The number of carbonyl (C=O) groups is 1. The van der Waals surface area contributed by atoms with Crippen LogP contribution in [0.25, 0.3) is 0 Å². The van der Waals surface area contributed by atoms with Gasteiger partial charge in [-0.2, -0.15) is 0 Å². The van der Waals surface area contributed by atoms with Gasteiger partial charge >= 0.3 is 13.9 Å². The fourth-order valence-corrected chi connectivity index (χ4v) is 2.49. The van der Waals surface area contributed by atoms with Crippen molar-refractivity contribution in [2.24, 2.45) is 0 Å². The average molecular weight is 275 g/mol. The first-order chi connectivity index (χ1) is 7.76. The Morgan fingerprint density at radius 3 is 2.76 bits per heavy atom. The Labute approximate surface area is 105 Å². The summed E-state index contributed by atoms with van der Waals surface area (Å²) in [4.78, 5) is 15.6. The van der Waals surface area contributed by atoms with E-state index >= 15 is 0 Å².